The van der Waals surface area contributed by atoms with Gasteiger partial charge in [-0.25, -0.2) is 0 Å². The quantitative estimate of drug-likeness (QED) is 0.863. The highest BCUT2D eigenvalue weighted by Crippen LogP contribution is 2.14. The topological polar surface area (TPSA) is 49.3 Å². The largest absolute Gasteiger partial charge is 0.497 e. The van der Waals surface area contributed by atoms with Crippen LogP contribution in [0.1, 0.15) is 32.1 Å². The maximum absolute atomic E-state index is 5.55. The zero-order valence-corrected chi connectivity index (χ0v) is 14.4. The fourth-order valence-electron chi connectivity index (χ4n) is 3.03. The van der Waals surface area contributed by atoms with E-state index < -0.39 is 0 Å². The number of quaternary nitrogens is 1. The third-order valence-corrected chi connectivity index (χ3v) is 4.77. The van der Waals surface area contributed by atoms with Crippen LogP contribution in [0.2, 0.25) is 0 Å². The first kappa shape index (κ1) is 16.1. The number of likely N-dealkylation sites (tertiary alicyclic amines) is 1. The first-order valence-electron chi connectivity index (χ1n) is 8.29. The number of ether oxygens (including phenoxy) is 1. The van der Waals surface area contributed by atoms with E-state index in [-0.39, 0.29) is 0 Å². The Morgan fingerprint density at radius 1 is 1.04 bits per heavy atom. The molecule has 3 rings (SSSR count). The lowest BCUT2D eigenvalue weighted by Gasteiger charge is -2.20. The van der Waals surface area contributed by atoms with Gasteiger partial charge in [0.25, 0.3) is 0 Å². The third kappa shape index (κ3) is 3.97. The molecule has 0 saturated carbocycles. The molecule has 0 radical (unpaired) electrons. The highest BCUT2D eigenvalue weighted by atomic mass is 32.1. The molecule has 7 heteroatoms. The van der Waals surface area contributed by atoms with Crippen molar-refractivity contribution in [2.24, 2.45) is 0 Å². The van der Waals surface area contributed by atoms with Gasteiger partial charge in [0.15, 0.2) is 6.67 Å². The summed E-state index contributed by atoms with van der Waals surface area (Å²) in [6, 6.07) is 7.69. The summed E-state index contributed by atoms with van der Waals surface area (Å²) in [4.78, 5) is 1.54. The molecule has 0 unspecified atom stereocenters. The SMILES string of the molecule is COc1ccc(-n2nnn(C[NH+]3CCCCCCC3)c2=S)cc1. The molecule has 1 N–H and O–H groups in total. The Morgan fingerprint density at radius 2 is 1.70 bits per heavy atom. The first-order valence-corrected chi connectivity index (χ1v) is 8.69. The molecule has 1 aromatic heterocycles. The van der Waals surface area contributed by atoms with Gasteiger partial charge in [-0.1, -0.05) is 6.42 Å². The minimum atomic E-state index is 0.643. The molecule has 23 heavy (non-hydrogen) atoms. The Morgan fingerprint density at radius 3 is 2.35 bits per heavy atom. The van der Waals surface area contributed by atoms with Crippen LogP contribution in [0.5, 0.6) is 5.75 Å². The minimum Gasteiger partial charge on any atom is -0.497 e. The van der Waals surface area contributed by atoms with Crippen molar-refractivity contribution < 1.29 is 9.64 Å². The molecule has 124 valence electrons. The lowest BCUT2D eigenvalue weighted by Crippen LogP contribution is -3.11. The van der Waals surface area contributed by atoms with Gasteiger partial charge in [-0.15, -0.1) is 0 Å². The summed E-state index contributed by atoms with van der Waals surface area (Å²) in [7, 11) is 1.66. The molecule has 0 bridgehead atoms. The van der Waals surface area contributed by atoms with Gasteiger partial charge in [0.2, 0.25) is 4.77 Å². The lowest BCUT2D eigenvalue weighted by molar-refractivity contribution is -0.924. The highest BCUT2D eigenvalue weighted by molar-refractivity contribution is 7.71. The van der Waals surface area contributed by atoms with Crippen molar-refractivity contribution in [3.05, 3.63) is 29.0 Å². The first-order chi connectivity index (χ1) is 11.3. The van der Waals surface area contributed by atoms with E-state index in [1.165, 1.54) is 45.2 Å². The molecule has 0 spiro atoms. The summed E-state index contributed by atoms with van der Waals surface area (Å²) >= 11 is 5.55. The van der Waals surface area contributed by atoms with Gasteiger partial charge in [-0.3, -0.25) is 0 Å². The van der Waals surface area contributed by atoms with Crippen LogP contribution in [-0.4, -0.2) is 40.0 Å². The van der Waals surface area contributed by atoms with Crippen molar-refractivity contribution in [3.8, 4) is 11.4 Å². The van der Waals surface area contributed by atoms with Crippen LogP contribution in [0, 0.1) is 4.77 Å². The fraction of sp³-hybridized carbons (Fsp3) is 0.562. The van der Waals surface area contributed by atoms with Crippen LogP contribution in [-0.2, 0) is 6.67 Å². The molecule has 0 amide bonds. The second-order valence-corrected chi connectivity index (χ2v) is 6.41. The summed E-state index contributed by atoms with van der Waals surface area (Å²) in [6.45, 7) is 3.18. The Hall–Kier alpha value is -1.73. The van der Waals surface area contributed by atoms with Gasteiger partial charge < -0.3 is 9.64 Å². The summed E-state index contributed by atoms with van der Waals surface area (Å²) in [5, 5.41) is 8.48. The van der Waals surface area contributed by atoms with E-state index in [0.717, 1.165) is 18.1 Å². The summed E-state index contributed by atoms with van der Waals surface area (Å²) in [5.41, 5.74) is 0.907. The molecule has 1 aromatic carbocycles. The van der Waals surface area contributed by atoms with E-state index in [0.29, 0.717) is 4.77 Å². The van der Waals surface area contributed by atoms with Crippen molar-refractivity contribution in [2.75, 3.05) is 20.2 Å². The smallest absolute Gasteiger partial charge is 0.225 e. The number of aromatic nitrogens is 4. The van der Waals surface area contributed by atoms with Crippen molar-refractivity contribution in [1.82, 2.24) is 19.8 Å². The highest BCUT2D eigenvalue weighted by Gasteiger charge is 2.14. The van der Waals surface area contributed by atoms with Gasteiger partial charge in [0, 0.05) is 0 Å². The number of hydrogen-bond donors (Lipinski definition) is 1. The second-order valence-electron chi connectivity index (χ2n) is 6.05. The Balaban J connectivity index is 1.74. The van der Waals surface area contributed by atoms with Crippen LogP contribution in [0.15, 0.2) is 24.3 Å². The molecule has 2 aromatic rings. The lowest BCUT2D eigenvalue weighted by atomic mass is 10.1. The van der Waals surface area contributed by atoms with Gasteiger partial charge in [0.05, 0.1) is 25.9 Å². The number of hydrogen-bond acceptors (Lipinski definition) is 4. The predicted octanol–water partition coefficient (Wildman–Crippen LogP) is 1.61. The van der Waals surface area contributed by atoms with Gasteiger partial charge in [-0.2, -0.15) is 9.36 Å². The Labute approximate surface area is 141 Å². The Bertz CT molecular complexity index is 671. The average Bonchev–Trinajstić information content (AvgIpc) is 2.91. The number of nitrogens with one attached hydrogen (secondary N) is 1. The van der Waals surface area contributed by atoms with Gasteiger partial charge >= 0.3 is 0 Å². The molecule has 0 atom stereocenters. The number of nitrogens with zero attached hydrogens (tertiary/aromatic N) is 4. The normalized spacial score (nSPS) is 16.7. The molecular weight excluding hydrogens is 310 g/mol. The molecule has 1 aliphatic heterocycles. The number of methoxy groups -OCH3 is 1. The van der Waals surface area contributed by atoms with E-state index in [9.17, 15) is 0 Å². The molecule has 2 heterocycles. The maximum Gasteiger partial charge on any atom is 0.225 e. The van der Waals surface area contributed by atoms with E-state index in [1.807, 2.05) is 28.9 Å². The summed E-state index contributed by atoms with van der Waals surface area (Å²) < 4.78 is 9.38. The van der Waals surface area contributed by atoms with Crippen molar-refractivity contribution >= 4 is 12.2 Å². The zero-order chi connectivity index (χ0) is 16.1. The molecule has 1 saturated heterocycles. The number of tetrazole rings is 1. The zero-order valence-electron chi connectivity index (χ0n) is 13.6. The standard InChI is InChI=1S/C16H23N5OS/c1-22-15-9-7-14(8-10-15)21-16(23)20(17-18-21)13-19-11-5-3-2-4-6-12-19/h7-10H,2-6,11-13H2,1H3/p+1. The minimum absolute atomic E-state index is 0.643. The van der Waals surface area contributed by atoms with E-state index in [4.69, 9.17) is 17.0 Å². The molecule has 1 aliphatic rings. The van der Waals surface area contributed by atoms with Gasteiger partial charge in [-0.05, 0) is 72.6 Å². The van der Waals surface area contributed by atoms with E-state index in [2.05, 4.69) is 10.4 Å². The number of benzene rings is 1. The second kappa shape index (κ2) is 7.70. The Kier molecular flexibility index (Phi) is 5.40. The van der Waals surface area contributed by atoms with Crippen LogP contribution in [0.25, 0.3) is 5.69 Å². The molecule has 6 nitrogen and oxygen atoms in total. The summed E-state index contributed by atoms with van der Waals surface area (Å²) in [6.07, 6.45) is 6.63. The van der Waals surface area contributed by atoms with E-state index >= 15 is 0 Å². The van der Waals surface area contributed by atoms with Crippen molar-refractivity contribution in [2.45, 2.75) is 38.8 Å². The monoisotopic (exact) mass is 334 g/mol. The van der Waals surface area contributed by atoms with Crippen LogP contribution >= 0.6 is 12.2 Å². The molecule has 1 fully saturated rings. The maximum atomic E-state index is 5.55. The van der Waals surface area contributed by atoms with Crippen LogP contribution < -0.4 is 9.64 Å². The van der Waals surface area contributed by atoms with E-state index in [1.54, 1.807) is 16.7 Å². The average molecular weight is 334 g/mol. The van der Waals surface area contributed by atoms with Crippen LogP contribution in [0.3, 0.4) is 0 Å². The van der Waals surface area contributed by atoms with Crippen molar-refractivity contribution in [1.29, 1.82) is 0 Å². The predicted molar refractivity (Wildman–Crippen MR) is 90.5 cm³/mol. The fourth-order valence-corrected chi connectivity index (χ4v) is 3.28. The van der Waals surface area contributed by atoms with Crippen LogP contribution in [0.4, 0.5) is 0 Å². The molecule has 0 aliphatic carbocycles. The van der Waals surface area contributed by atoms with Crippen molar-refractivity contribution in [3.63, 3.8) is 0 Å². The van der Waals surface area contributed by atoms with Gasteiger partial charge in [0.1, 0.15) is 5.75 Å². The number of rotatable bonds is 4. The summed E-state index contributed by atoms with van der Waals surface area (Å²) in [5.74, 6) is 0.817. The third-order valence-electron chi connectivity index (χ3n) is 4.39. The molecular formula is C16H24N5OS+.